The zero-order chi connectivity index (χ0) is 15.9. The Morgan fingerprint density at radius 2 is 2.14 bits per heavy atom. The fourth-order valence-corrected chi connectivity index (χ4v) is 3.79. The van der Waals surface area contributed by atoms with Gasteiger partial charge in [0.25, 0.3) is 0 Å². The Labute approximate surface area is 130 Å². The molecular weight excluding hydrogens is 327 g/mol. The Kier molecular flexibility index (Phi) is 3.71. The van der Waals surface area contributed by atoms with E-state index < -0.39 is 15.8 Å². The van der Waals surface area contributed by atoms with Gasteiger partial charge in [0.1, 0.15) is 10.8 Å². The van der Waals surface area contributed by atoms with Crippen molar-refractivity contribution < 1.29 is 12.8 Å². The Morgan fingerprint density at radius 3 is 2.82 bits per heavy atom. The molecule has 0 radical (unpaired) electrons. The summed E-state index contributed by atoms with van der Waals surface area (Å²) >= 11 is 1.43. The number of hydrogen-bond donors (Lipinski definition) is 1. The number of aryl methyl sites for hydroxylation is 2. The first-order valence-electron chi connectivity index (χ1n) is 6.43. The molecule has 0 amide bonds. The highest BCUT2D eigenvalue weighted by atomic mass is 32.2. The number of fused-ring (bicyclic) bond motifs is 1. The van der Waals surface area contributed by atoms with Gasteiger partial charge in [-0.1, -0.05) is 11.3 Å². The molecule has 3 aromatic rings. The molecule has 116 valence electrons. The second kappa shape index (κ2) is 5.41. The molecule has 1 aromatic carbocycles. The number of imidazole rings is 1. The molecule has 0 unspecified atom stereocenters. The summed E-state index contributed by atoms with van der Waals surface area (Å²) in [5, 5.41) is 5.10. The molecule has 2 heterocycles. The first kappa shape index (κ1) is 15.1. The van der Waals surface area contributed by atoms with Crippen LogP contribution in [0.15, 0.2) is 29.3 Å². The highest BCUT2D eigenvalue weighted by molar-refractivity contribution is 7.89. The van der Waals surface area contributed by atoms with Crippen LogP contribution >= 0.6 is 11.3 Å². The lowest BCUT2D eigenvalue weighted by molar-refractivity contribution is 0.579. The van der Waals surface area contributed by atoms with Crippen LogP contribution < -0.4 is 4.72 Å². The number of nitrogens with zero attached hydrogens (tertiary/aromatic N) is 3. The SMILES string of the molecule is Cc1nn2cc(CNS(=O)(=O)c3ccc(F)c(C)c3)nc2s1. The molecular formula is C13H13FN4O2S2. The van der Waals surface area contributed by atoms with Gasteiger partial charge in [-0.25, -0.2) is 27.0 Å². The van der Waals surface area contributed by atoms with E-state index in [0.29, 0.717) is 10.7 Å². The number of halogens is 1. The van der Waals surface area contributed by atoms with Crippen LogP contribution in [-0.2, 0) is 16.6 Å². The molecule has 1 N–H and O–H groups in total. The summed E-state index contributed by atoms with van der Waals surface area (Å²) in [6.45, 7) is 3.44. The van der Waals surface area contributed by atoms with Gasteiger partial charge in [-0.05, 0) is 37.6 Å². The number of rotatable bonds is 4. The summed E-state index contributed by atoms with van der Waals surface area (Å²) < 4.78 is 41.7. The smallest absolute Gasteiger partial charge is 0.221 e. The first-order chi connectivity index (χ1) is 10.3. The van der Waals surface area contributed by atoms with Crippen molar-refractivity contribution in [2.45, 2.75) is 25.3 Å². The van der Waals surface area contributed by atoms with Gasteiger partial charge in [0.2, 0.25) is 15.0 Å². The molecule has 22 heavy (non-hydrogen) atoms. The van der Waals surface area contributed by atoms with Crippen molar-refractivity contribution in [3.8, 4) is 0 Å². The fourth-order valence-electron chi connectivity index (χ4n) is 1.97. The van der Waals surface area contributed by atoms with Crippen molar-refractivity contribution in [2.75, 3.05) is 0 Å². The summed E-state index contributed by atoms with van der Waals surface area (Å²) in [7, 11) is -3.71. The van der Waals surface area contributed by atoms with Crippen LogP contribution in [0.5, 0.6) is 0 Å². The third-order valence-corrected chi connectivity index (χ3v) is 5.31. The Bertz CT molecular complexity index is 915. The third-order valence-electron chi connectivity index (χ3n) is 3.08. The maximum atomic E-state index is 13.2. The highest BCUT2D eigenvalue weighted by Crippen LogP contribution is 2.16. The topological polar surface area (TPSA) is 76.4 Å². The molecule has 0 saturated heterocycles. The number of aromatic nitrogens is 3. The highest BCUT2D eigenvalue weighted by Gasteiger charge is 2.16. The van der Waals surface area contributed by atoms with E-state index in [0.717, 1.165) is 11.1 Å². The lowest BCUT2D eigenvalue weighted by atomic mass is 10.2. The monoisotopic (exact) mass is 340 g/mol. The zero-order valence-corrected chi connectivity index (χ0v) is 13.5. The Balaban J connectivity index is 1.78. The largest absolute Gasteiger partial charge is 0.240 e. The van der Waals surface area contributed by atoms with Crippen molar-refractivity contribution in [2.24, 2.45) is 0 Å². The second-order valence-electron chi connectivity index (χ2n) is 4.82. The quantitative estimate of drug-likeness (QED) is 0.788. The number of hydrogen-bond acceptors (Lipinski definition) is 5. The molecule has 0 saturated carbocycles. The number of sulfonamides is 1. The van der Waals surface area contributed by atoms with Gasteiger partial charge < -0.3 is 0 Å². The summed E-state index contributed by atoms with van der Waals surface area (Å²) in [5.41, 5.74) is 0.853. The van der Waals surface area contributed by atoms with E-state index >= 15 is 0 Å². The van der Waals surface area contributed by atoms with Crippen LogP contribution in [0, 0.1) is 19.7 Å². The molecule has 6 nitrogen and oxygen atoms in total. The van der Waals surface area contributed by atoms with E-state index in [2.05, 4.69) is 14.8 Å². The maximum Gasteiger partial charge on any atom is 0.240 e. The predicted molar refractivity (Wildman–Crippen MR) is 80.8 cm³/mol. The van der Waals surface area contributed by atoms with Gasteiger partial charge in [-0.15, -0.1) is 0 Å². The van der Waals surface area contributed by atoms with E-state index in [-0.39, 0.29) is 17.0 Å². The van der Waals surface area contributed by atoms with Crippen LogP contribution in [0.3, 0.4) is 0 Å². The summed E-state index contributed by atoms with van der Waals surface area (Å²) in [6.07, 6.45) is 1.68. The van der Waals surface area contributed by atoms with Crippen molar-refractivity contribution in [3.05, 3.63) is 46.5 Å². The van der Waals surface area contributed by atoms with E-state index in [4.69, 9.17) is 0 Å². The minimum absolute atomic E-state index is 0.0291. The van der Waals surface area contributed by atoms with Crippen molar-refractivity contribution in [3.63, 3.8) is 0 Å². The first-order valence-corrected chi connectivity index (χ1v) is 8.72. The van der Waals surface area contributed by atoms with E-state index in [9.17, 15) is 12.8 Å². The average molecular weight is 340 g/mol. The van der Waals surface area contributed by atoms with Crippen LogP contribution in [0.4, 0.5) is 4.39 Å². The van der Waals surface area contributed by atoms with Gasteiger partial charge in [0.15, 0.2) is 0 Å². The van der Waals surface area contributed by atoms with Gasteiger partial charge in [-0.3, -0.25) is 0 Å². The normalized spacial score (nSPS) is 12.1. The van der Waals surface area contributed by atoms with E-state index in [1.807, 2.05) is 6.92 Å². The minimum Gasteiger partial charge on any atom is -0.221 e. The van der Waals surface area contributed by atoms with Crippen molar-refractivity contribution >= 4 is 26.3 Å². The van der Waals surface area contributed by atoms with Crippen LogP contribution in [0.2, 0.25) is 0 Å². The molecule has 0 aliphatic heterocycles. The molecule has 0 aliphatic rings. The van der Waals surface area contributed by atoms with Crippen LogP contribution in [-0.4, -0.2) is 23.0 Å². The standard InChI is InChI=1S/C13H13FN4O2S2/c1-8-5-11(3-4-12(8)14)22(19,20)15-6-10-7-18-13(16-10)21-9(2)17-18/h3-5,7,15H,6H2,1-2H3. The van der Waals surface area contributed by atoms with Crippen LogP contribution in [0.25, 0.3) is 4.96 Å². The summed E-state index contributed by atoms with van der Waals surface area (Å²) in [6, 6.07) is 3.68. The Morgan fingerprint density at radius 1 is 1.36 bits per heavy atom. The molecule has 2 aromatic heterocycles. The molecule has 9 heteroatoms. The predicted octanol–water partition coefficient (Wildman–Crippen LogP) is 2.03. The molecule has 0 fully saturated rings. The zero-order valence-electron chi connectivity index (χ0n) is 11.9. The second-order valence-corrected chi connectivity index (χ2v) is 7.74. The molecule has 0 atom stereocenters. The third kappa shape index (κ3) is 2.87. The number of nitrogens with one attached hydrogen (secondary N) is 1. The Hall–Kier alpha value is -1.84. The number of benzene rings is 1. The van der Waals surface area contributed by atoms with Crippen molar-refractivity contribution in [1.82, 2.24) is 19.3 Å². The van der Waals surface area contributed by atoms with E-state index in [1.165, 1.54) is 30.4 Å². The van der Waals surface area contributed by atoms with Gasteiger partial charge in [-0.2, -0.15) is 5.10 Å². The lowest BCUT2D eigenvalue weighted by Gasteiger charge is -2.06. The minimum atomic E-state index is -3.71. The molecule has 3 rings (SSSR count). The summed E-state index contributed by atoms with van der Waals surface area (Å²) in [5.74, 6) is -0.435. The van der Waals surface area contributed by atoms with Gasteiger partial charge in [0, 0.05) is 0 Å². The molecule has 0 bridgehead atoms. The van der Waals surface area contributed by atoms with Gasteiger partial charge >= 0.3 is 0 Å². The van der Waals surface area contributed by atoms with Crippen molar-refractivity contribution in [1.29, 1.82) is 0 Å². The van der Waals surface area contributed by atoms with E-state index in [1.54, 1.807) is 10.7 Å². The summed E-state index contributed by atoms with van der Waals surface area (Å²) in [4.78, 5) is 5.04. The van der Waals surface area contributed by atoms with Gasteiger partial charge in [0.05, 0.1) is 23.3 Å². The average Bonchev–Trinajstić information content (AvgIpc) is 2.96. The molecule has 0 spiro atoms. The molecule has 0 aliphatic carbocycles. The van der Waals surface area contributed by atoms with Crippen LogP contribution in [0.1, 0.15) is 16.3 Å². The maximum absolute atomic E-state index is 13.2. The fraction of sp³-hybridized carbons (Fsp3) is 0.231. The lowest BCUT2D eigenvalue weighted by Crippen LogP contribution is -2.23.